The van der Waals surface area contributed by atoms with Crippen LogP contribution in [-0.4, -0.2) is 49.4 Å². The van der Waals surface area contributed by atoms with Crippen LogP contribution in [0.1, 0.15) is 39.7 Å². The molecular formula is C15H21IN6O2. The Labute approximate surface area is 153 Å². The van der Waals surface area contributed by atoms with Gasteiger partial charge in [0.2, 0.25) is 0 Å². The summed E-state index contributed by atoms with van der Waals surface area (Å²) in [6, 6.07) is 0.334. The van der Waals surface area contributed by atoms with E-state index in [0.717, 1.165) is 27.6 Å². The molecule has 1 amide bonds. The van der Waals surface area contributed by atoms with Crippen molar-refractivity contribution in [3.8, 4) is 0 Å². The lowest BCUT2D eigenvalue weighted by atomic mass is 9.86. The molecule has 1 saturated carbocycles. The summed E-state index contributed by atoms with van der Waals surface area (Å²) in [6.45, 7) is 5.60. The fourth-order valence-corrected chi connectivity index (χ4v) is 3.52. The molecule has 1 fully saturated rings. The number of aromatic nitrogens is 4. The van der Waals surface area contributed by atoms with E-state index >= 15 is 0 Å². The maximum atomic E-state index is 12.1. The number of nitrogen functional groups attached to an aromatic ring is 1. The number of hydrogen-bond donors (Lipinski definition) is 1. The van der Waals surface area contributed by atoms with Crippen molar-refractivity contribution in [1.82, 2.24) is 24.6 Å². The molecule has 130 valence electrons. The van der Waals surface area contributed by atoms with Crippen molar-refractivity contribution in [2.45, 2.75) is 51.3 Å². The SMILES string of the molecule is CN(C(=O)OC(C)(C)C)C1CC(n2nc(I)c3c(N)ncnc32)C1. The number of fused-ring (bicyclic) bond motifs is 1. The molecule has 2 aromatic rings. The zero-order valence-corrected chi connectivity index (χ0v) is 16.3. The van der Waals surface area contributed by atoms with Crippen LogP contribution < -0.4 is 5.73 Å². The lowest BCUT2D eigenvalue weighted by Crippen LogP contribution is -2.48. The number of carbonyl (C=O) groups excluding carboxylic acids is 1. The Morgan fingerprint density at radius 1 is 1.42 bits per heavy atom. The normalized spacial score (nSPS) is 20.7. The van der Waals surface area contributed by atoms with Crippen LogP contribution in [0, 0.1) is 3.70 Å². The number of nitrogens with zero attached hydrogens (tertiary/aromatic N) is 5. The van der Waals surface area contributed by atoms with E-state index in [1.54, 1.807) is 11.9 Å². The van der Waals surface area contributed by atoms with E-state index in [1.807, 2.05) is 25.5 Å². The topological polar surface area (TPSA) is 99.2 Å². The molecule has 1 aliphatic carbocycles. The van der Waals surface area contributed by atoms with Gasteiger partial charge in [0.1, 0.15) is 21.4 Å². The average Bonchev–Trinajstić information content (AvgIpc) is 2.73. The first-order chi connectivity index (χ1) is 11.2. The largest absolute Gasteiger partial charge is 0.444 e. The summed E-state index contributed by atoms with van der Waals surface area (Å²) in [7, 11) is 1.78. The number of amides is 1. The Morgan fingerprint density at radius 3 is 2.71 bits per heavy atom. The van der Waals surface area contributed by atoms with E-state index in [2.05, 4.69) is 37.7 Å². The molecule has 0 radical (unpaired) electrons. The summed E-state index contributed by atoms with van der Waals surface area (Å²) >= 11 is 2.15. The first-order valence-electron chi connectivity index (χ1n) is 7.77. The van der Waals surface area contributed by atoms with Crippen molar-refractivity contribution in [3.05, 3.63) is 10.0 Å². The molecule has 0 aliphatic heterocycles. The minimum Gasteiger partial charge on any atom is -0.444 e. The fourth-order valence-electron chi connectivity index (χ4n) is 2.77. The van der Waals surface area contributed by atoms with E-state index < -0.39 is 5.60 Å². The molecular weight excluding hydrogens is 423 g/mol. The fraction of sp³-hybridized carbons (Fsp3) is 0.600. The van der Waals surface area contributed by atoms with Crippen LogP contribution in [0.3, 0.4) is 0 Å². The third-order valence-corrected chi connectivity index (χ3v) is 4.89. The summed E-state index contributed by atoms with van der Waals surface area (Å²) in [5.74, 6) is 0.442. The molecule has 0 bridgehead atoms. The lowest BCUT2D eigenvalue weighted by molar-refractivity contribution is 0.00717. The number of rotatable bonds is 2. The van der Waals surface area contributed by atoms with Gasteiger partial charge in [-0.2, -0.15) is 5.10 Å². The van der Waals surface area contributed by atoms with Gasteiger partial charge in [-0.3, -0.25) is 0 Å². The second-order valence-electron chi connectivity index (χ2n) is 7.06. The van der Waals surface area contributed by atoms with Gasteiger partial charge in [0, 0.05) is 13.1 Å². The van der Waals surface area contributed by atoms with E-state index in [9.17, 15) is 4.79 Å². The molecule has 0 saturated heterocycles. The second-order valence-corrected chi connectivity index (χ2v) is 8.09. The minimum atomic E-state index is -0.489. The molecule has 0 unspecified atom stereocenters. The summed E-state index contributed by atoms with van der Waals surface area (Å²) in [5, 5.41) is 5.35. The summed E-state index contributed by atoms with van der Waals surface area (Å²) in [6.07, 6.45) is 2.78. The van der Waals surface area contributed by atoms with Crippen LogP contribution in [0.2, 0.25) is 0 Å². The molecule has 24 heavy (non-hydrogen) atoms. The van der Waals surface area contributed by atoms with E-state index in [4.69, 9.17) is 10.5 Å². The van der Waals surface area contributed by atoms with Crippen molar-refractivity contribution < 1.29 is 9.53 Å². The summed E-state index contributed by atoms with van der Waals surface area (Å²) in [4.78, 5) is 22.2. The zero-order valence-electron chi connectivity index (χ0n) is 14.2. The molecule has 9 heteroatoms. The van der Waals surface area contributed by atoms with E-state index in [1.165, 1.54) is 6.33 Å². The van der Waals surface area contributed by atoms with Gasteiger partial charge in [-0.25, -0.2) is 19.4 Å². The van der Waals surface area contributed by atoms with Gasteiger partial charge >= 0.3 is 6.09 Å². The molecule has 8 nitrogen and oxygen atoms in total. The van der Waals surface area contributed by atoms with Gasteiger partial charge in [0.15, 0.2) is 5.65 Å². The van der Waals surface area contributed by atoms with Crippen LogP contribution in [0.4, 0.5) is 10.6 Å². The lowest BCUT2D eigenvalue weighted by Gasteiger charge is -2.41. The van der Waals surface area contributed by atoms with Gasteiger partial charge in [0.25, 0.3) is 0 Å². The highest BCUT2D eigenvalue weighted by Gasteiger charge is 2.38. The number of ether oxygens (including phenoxy) is 1. The monoisotopic (exact) mass is 444 g/mol. The second kappa shape index (κ2) is 6.01. The number of halogens is 1. The van der Waals surface area contributed by atoms with Gasteiger partial charge < -0.3 is 15.4 Å². The van der Waals surface area contributed by atoms with E-state index in [-0.39, 0.29) is 18.2 Å². The Kier molecular flexibility index (Phi) is 4.30. The molecule has 3 rings (SSSR count). The third kappa shape index (κ3) is 3.13. The predicted octanol–water partition coefficient (Wildman–Crippen LogP) is 2.58. The maximum Gasteiger partial charge on any atom is 0.410 e. The van der Waals surface area contributed by atoms with Gasteiger partial charge in [-0.05, 0) is 56.2 Å². The summed E-state index contributed by atoms with van der Waals surface area (Å²) < 4.78 is 8.11. The van der Waals surface area contributed by atoms with Gasteiger partial charge in [-0.15, -0.1) is 0 Å². The van der Waals surface area contributed by atoms with E-state index in [0.29, 0.717) is 5.82 Å². The average molecular weight is 444 g/mol. The standard InChI is InChI=1S/C15H21IN6O2/c1-15(2,3)24-14(23)21(4)8-5-9(6-8)22-13-10(11(16)20-22)12(17)18-7-19-13/h7-9H,5-6H2,1-4H3,(H2,17,18,19). The van der Waals surface area contributed by atoms with Gasteiger partial charge in [0.05, 0.1) is 11.4 Å². The predicted molar refractivity (Wildman–Crippen MR) is 98.5 cm³/mol. The molecule has 2 N–H and O–H groups in total. The molecule has 0 atom stereocenters. The molecule has 2 heterocycles. The minimum absolute atomic E-state index is 0.140. The molecule has 0 spiro atoms. The first-order valence-corrected chi connectivity index (χ1v) is 8.85. The highest BCUT2D eigenvalue weighted by atomic mass is 127. The van der Waals surface area contributed by atoms with Crippen molar-refractivity contribution in [1.29, 1.82) is 0 Å². The van der Waals surface area contributed by atoms with Crippen molar-refractivity contribution in [2.24, 2.45) is 0 Å². The zero-order chi connectivity index (χ0) is 17.6. The molecule has 1 aliphatic rings. The number of anilines is 1. The number of nitrogens with two attached hydrogens (primary N) is 1. The van der Waals surface area contributed by atoms with Crippen molar-refractivity contribution in [2.75, 3.05) is 12.8 Å². The van der Waals surface area contributed by atoms with Crippen LogP contribution in [0.5, 0.6) is 0 Å². The Hall–Kier alpha value is -1.65. The maximum absolute atomic E-state index is 12.1. The smallest absolute Gasteiger partial charge is 0.410 e. The van der Waals surface area contributed by atoms with Crippen LogP contribution >= 0.6 is 22.6 Å². The van der Waals surface area contributed by atoms with Crippen molar-refractivity contribution in [3.63, 3.8) is 0 Å². The van der Waals surface area contributed by atoms with Crippen LogP contribution in [-0.2, 0) is 4.74 Å². The Bertz CT molecular complexity index is 778. The van der Waals surface area contributed by atoms with Crippen molar-refractivity contribution >= 4 is 45.5 Å². The number of carbonyl (C=O) groups is 1. The quantitative estimate of drug-likeness (QED) is 0.715. The molecule has 0 aromatic carbocycles. The summed E-state index contributed by atoms with van der Waals surface area (Å²) in [5.41, 5.74) is 6.18. The highest BCUT2D eigenvalue weighted by Crippen LogP contribution is 2.38. The number of hydrogen-bond acceptors (Lipinski definition) is 6. The van der Waals surface area contributed by atoms with Gasteiger partial charge in [-0.1, -0.05) is 0 Å². The van der Waals surface area contributed by atoms with Crippen LogP contribution in [0.15, 0.2) is 6.33 Å². The third-order valence-electron chi connectivity index (χ3n) is 4.14. The van der Waals surface area contributed by atoms with Crippen LogP contribution in [0.25, 0.3) is 11.0 Å². The Balaban J connectivity index is 1.71. The Morgan fingerprint density at radius 2 is 2.08 bits per heavy atom. The molecule has 2 aromatic heterocycles. The highest BCUT2D eigenvalue weighted by molar-refractivity contribution is 14.1. The first kappa shape index (κ1) is 17.2.